The zero-order chi connectivity index (χ0) is 17.1. The van der Waals surface area contributed by atoms with E-state index in [1.54, 1.807) is 20.8 Å². The Bertz CT molecular complexity index is 403. The molecule has 0 heterocycles. The molecular formula is C13H27NO7S. The molecule has 22 heavy (non-hydrogen) atoms. The summed E-state index contributed by atoms with van der Waals surface area (Å²) < 4.78 is 41.3. The van der Waals surface area contributed by atoms with Crippen molar-refractivity contribution in [3.8, 4) is 0 Å². The molecule has 0 spiro atoms. The van der Waals surface area contributed by atoms with Gasteiger partial charge in [-0.25, -0.2) is 4.79 Å². The molecule has 0 rings (SSSR count). The Hall–Kier alpha value is -0.900. The van der Waals surface area contributed by atoms with E-state index >= 15 is 0 Å². The summed E-state index contributed by atoms with van der Waals surface area (Å²) in [5, 5.41) is 2.63. The summed E-state index contributed by atoms with van der Waals surface area (Å²) in [4.78, 5) is 11.3. The minimum atomic E-state index is -3.41. The van der Waals surface area contributed by atoms with Gasteiger partial charge in [0.2, 0.25) is 0 Å². The molecule has 0 aromatic heterocycles. The highest BCUT2D eigenvalue weighted by Crippen LogP contribution is 2.06. The summed E-state index contributed by atoms with van der Waals surface area (Å²) in [5.74, 6) is 0. The summed E-state index contributed by atoms with van der Waals surface area (Å²) in [5.41, 5.74) is -0.501. The molecule has 0 unspecified atom stereocenters. The van der Waals surface area contributed by atoms with Gasteiger partial charge in [-0.2, -0.15) is 8.42 Å². The summed E-state index contributed by atoms with van der Waals surface area (Å²) in [6.07, 6.45) is 1.21. The number of alkyl carbamates (subject to hydrolysis) is 1. The third-order valence-corrected chi connectivity index (χ3v) is 2.63. The maximum atomic E-state index is 11.3. The van der Waals surface area contributed by atoms with E-state index in [1.807, 2.05) is 0 Å². The second-order valence-electron chi connectivity index (χ2n) is 5.53. The molecule has 0 aliphatic rings. The van der Waals surface area contributed by atoms with Crippen LogP contribution in [0, 0.1) is 0 Å². The maximum absolute atomic E-state index is 11.3. The zero-order valence-corrected chi connectivity index (χ0v) is 14.5. The monoisotopic (exact) mass is 341 g/mol. The molecule has 132 valence electrons. The number of carbonyl (C=O) groups excluding carboxylic acids is 1. The van der Waals surface area contributed by atoms with Crippen molar-refractivity contribution in [3.05, 3.63) is 0 Å². The lowest BCUT2D eigenvalue weighted by atomic mass is 10.2. The van der Waals surface area contributed by atoms with E-state index < -0.39 is 21.8 Å². The first-order valence-corrected chi connectivity index (χ1v) is 8.88. The topological polar surface area (TPSA) is 100 Å². The largest absolute Gasteiger partial charge is 0.444 e. The van der Waals surface area contributed by atoms with E-state index in [2.05, 4.69) is 9.50 Å². The summed E-state index contributed by atoms with van der Waals surface area (Å²) in [7, 11) is -3.41. The smallest absolute Gasteiger partial charge is 0.407 e. The Morgan fingerprint density at radius 2 is 1.55 bits per heavy atom. The lowest BCUT2D eigenvalue weighted by Gasteiger charge is -2.19. The number of amides is 1. The predicted octanol–water partition coefficient (Wildman–Crippen LogP) is 0.911. The fourth-order valence-electron chi connectivity index (χ4n) is 1.25. The first-order chi connectivity index (χ1) is 10.1. The van der Waals surface area contributed by atoms with E-state index in [0.29, 0.717) is 32.8 Å². The van der Waals surface area contributed by atoms with Crippen LogP contribution in [-0.2, 0) is 28.5 Å². The molecule has 0 atom stereocenters. The highest BCUT2D eigenvalue weighted by molar-refractivity contribution is 7.85. The van der Waals surface area contributed by atoms with Crippen molar-refractivity contribution in [1.29, 1.82) is 0 Å². The normalized spacial score (nSPS) is 12.2. The SMILES string of the molecule is CC(C)(C)OC(=O)NCCCOCCOCCOS(C)(=O)=O. The van der Waals surface area contributed by atoms with E-state index in [-0.39, 0.29) is 13.2 Å². The van der Waals surface area contributed by atoms with Gasteiger partial charge in [0.1, 0.15) is 5.60 Å². The third-order valence-electron chi connectivity index (χ3n) is 2.03. The third kappa shape index (κ3) is 17.2. The quantitative estimate of drug-likeness (QED) is 0.440. The van der Waals surface area contributed by atoms with Crippen molar-refractivity contribution in [2.75, 3.05) is 45.8 Å². The van der Waals surface area contributed by atoms with E-state index in [1.165, 1.54) is 0 Å². The van der Waals surface area contributed by atoms with Crippen molar-refractivity contribution in [1.82, 2.24) is 5.32 Å². The molecule has 8 nitrogen and oxygen atoms in total. The predicted molar refractivity (Wildman–Crippen MR) is 81.3 cm³/mol. The van der Waals surface area contributed by atoms with E-state index in [0.717, 1.165) is 6.26 Å². The first kappa shape index (κ1) is 21.1. The summed E-state index contributed by atoms with van der Waals surface area (Å²) in [6.45, 7) is 7.30. The fraction of sp³-hybridized carbons (Fsp3) is 0.923. The molecule has 0 aromatic rings. The van der Waals surface area contributed by atoms with Crippen LogP contribution in [0.5, 0.6) is 0 Å². The van der Waals surface area contributed by atoms with E-state index in [9.17, 15) is 13.2 Å². The Balaban J connectivity index is 3.29. The van der Waals surface area contributed by atoms with Crippen LogP contribution in [0.4, 0.5) is 4.79 Å². The van der Waals surface area contributed by atoms with Crippen LogP contribution in [0.2, 0.25) is 0 Å². The molecule has 0 bridgehead atoms. The van der Waals surface area contributed by atoms with Gasteiger partial charge in [0.25, 0.3) is 10.1 Å². The first-order valence-electron chi connectivity index (χ1n) is 7.07. The Labute approximate surface area is 132 Å². The molecule has 9 heteroatoms. The lowest BCUT2D eigenvalue weighted by Crippen LogP contribution is -2.33. The number of rotatable bonds is 11. The van der Waals surface area contributed by atoms with Crippen LogP contribution in [0.25, 0.3) is 0 Å². The van der Waals surface area contributed by atoms with Gasteiger partial charge in [0.05, 0.1) is 32.7 Å². The van der Waals surface area contributed by atoms with Gasteiger partial charge in [-0.1, -0.05) is 0 Å². The molecule has 1 N–H and O–H groups in total. The van der Waals surface area contributed by atoms with Gasteiger partial charge in [0, 0.05) is 13.2 Å². The molecule has 0 aliphatic heterocycles. The minimum Gasteiger partial charge on any atom is -0.444 e. The van der Waals surface area contributed by atoms with Crippen LogP contribution < -0.4 is 5.32 Å². The average Bonchev–Trinajstić information content (AvgIpc) is 2.32. The standard InChI is InChI=1S/C13H27NO7S/c1-13(2,3)21-12(15)14-6-5-7-18-8-9-19-10-11-20-22(4,16)17/h5-11H2,1-4H3,(H,14,15). The molecule has 0 aliphatic carbocycles. The van der Waals surface area contributed by atoms with E-state index in [4.69, 9.17) is 14.2 Å². The molecular weight excluding hydrogens is 314 g/mol. The van der Waals surface area contributed by atoms with Crippen molar-refractivity contribution in [3.63, 3.8) is 0 Å². The number of hydrogen-bond acceptors (Lipinski definition) is 7. The summed E-state index contributed by atoms with van der Waals surface area (Å²) in [6, 6.07) is 0. The Kier molecular flexibility index (Phi) is 10.3. The van der Waals surface area contributed by atoms with Crippen LogP contribution >= 0.6 is 0 Å². The zero-order valence-electron chi connectivity index (χ0n) is 13.7. The highest BCUT2D eigenvalue weighted by atomic mass is 32.2. The molecule has 1 amide bonds. The van der Waals surface area contributed by atoms with Gasteiger partial charge >= 0.3 is 6.09 Å². The van der Waals surface area contributed by atoms with Crippen LogP contribution in [0.15, 0.2) is 0 Å². The number of carbonyl (C=O) groups is 1. The number of hydrogen-bond donors (Lipinski definition) is 1. The lowest BCUT2D eigenvalue weighted by molar-refractivity contribution is 0.0353. The van der Waals surface area contributed by atoms with Crippen molar-refractivity contribution in [2.24, 2.45) is 0 Å². The van der Waals surface area contributed by atoms with Gasteiger partial charge < -0.3 is 19.5 Å². The van der Waals surface area contributed by atoms with Crippen LogP contribution in [0.1, 0.15) is 27.2 Å². The Morgan fingerprint density at radius 3 is 2.09 bits per heavy atom. The van der Waals surface area contributed by atoms with Crippen molar-refractivity contribution >= 4 is 16.2 Å². The minimum absolute atomic E-state index is 0.00135. The number of nitrogens with one attached hydrogen (secondary N) is 1. The molecule has 0 radical (unpaired) electrons. The molecule has 0 saturated heterocycles. The van der Waals surface area contributed by atoms with Crippen LogP contribution in [-0.4, -0.2) is 65.9 Å². The van der Waals surface area contributed by atoms with Gasteiger partial charge in [-0.05, 0) is 27.2 Å². The van der Waals surface area contributed by atoms with Crippen LogP contribution in [0.3, 0.4) is 0 Å². The average molecular weight is 341 g/mol. The van der Waals surface area contributed by atoms with Gasteiger partial charge in [0.15, 0.2) is 0 Å². The second-order valence-corrected chi connectivity index (χ2v) is 7.18. The summed E-state index contributed by atoms with van der Waals surface area (Å²) >= 11 is 0. The van der Waals surface area contributed by atoms with Crippen molar-refractivity contribution < 1.29 is 31.6 Å². The van der Waals surface area contributed by atoms with Gasteiger partial charge in [-0.3, -0.25) is 4.18 Å². The Morgan fingerprint density at radius 1 is 1.00 bits per heavy atom. The van der Waals surface area contributed by atoms with Crippen molar-refractivity contribution in [2.45, 2.75) is 32.8 Å². The number of ether oxygens (including phenoxy) is 3. The highest BCUT2D eigenvalue weighted by Gasteiger charge is 2.15. The van der Waals surface area contributed by atoms with Gasteiger partial charge in [-0.15, -0.1) is 0 Å². The molecule has 0 saturated carbocycles. The molecule has 0 aromatic carbocycles. The maximum Gasteiger partial charge on any atom is 0.407 e. The second kappa shape index (κ2) is 10.8. The fourth-order valence-corrected chi connectivity index (χ4v) is 1.62. The molecule has 0 fully saturated rings.